The first-order valence-corrected chi connectivity index (χ1v) is 6.38. The maximum atomic E-state index is 10.4. The monoisotopic (exact) mass is 258 g/mol. The Kier molecular flexibility index (Phi) is 3.76. The fourth-order valence-electron chi connectivity index (χ4n) is 2.28. The molecule has 2 atom stereocenters. The van der Waals surface area contributed by atoms with E-state index in [1.165, 1.54) is 0 Å². The number of aryl methyl sites for hydroxylation is 1. The normalized spacial score (nSPS) is 22.4. The summed E-state index contributed by atoms with van der Waals surface area (Å²) in [4.78, 5) is 0. The molecule has 4 nitrogen and oxygen atoms in total. The first kappa shape index (κ1) is 12.9. The van der Waals surface area contributed by atoms with E-state index in [0.29, 0.717) is 11.8 Å². The fourth-order valence-corrected chi connectivity index (χ4v) is 2.52. The average Bonchev–Trinajstić information content (AvgIpc) is 2.88. The molecule has 96 valence electrons. The maximum absolute atomic E-state index is 10.4. The highest BCUT2D eigenvalue weighted by Crippen LogP contribution is 2.37. The number of aliphatic hydroxyl groups excluding tert-OH is 1. The Morgan fingerprint density at radius 1 is 1.53 bits per heavy atom. The summed E-state index contributed by atoms with van der Waals surface area (Å²) in [6.07, 6.45) is 0.306. The summed E-state index contributed by atoms with van der Waals surface area (Å²) >= 11 is 6.23. The quantitative estimate of drug-likeness (QED) is 0.905. The molecular formula is C12H19ClN2O2. The first-order chi connectivity index (χ1) is 8.02. The van der Waals surface area contributed by atoms with Crippen molar-refractivity contribution < 1.29 is 9.84 Å². The highest BCUT2D eigenvalue weighted by atomic mass is 35.5. The van der Waals surface area contributed by atoms with Crippen LogP contribution in [0.1, 0.15) is 43.5 Å². The van der Waals surface area contributed by atoms with Gasteiger partial charge in [0.2, 0.25) is 0 Å². The lowest BCUT2D eigenvalue weighted by molar-refractivity contribution is 0.0910. The van der Waals surface area contributed by atoms with Crippen molar-refractivity contribution in [2.75, 3.05) is 13.2 Å². The van der Waals surface area contributed by atoms with E-state index in [2.05, 4.69) is 18.9 Å². The predicted molar refractivity (Wildman–Crippen MR) is 66.2 cm³/mol. The van der Waals surface area contributed by atoms with Crippen LogP contribution in [0.25, 0.3) is 0 Å². The SMILES string of the molecule is CC(C)c1nn(C)c(Cl)c1C(O)C1CCOC1. The molecule has 2 unspecified atom stereocenters. The van der Waals surface area contributed by atoms with Crippen LogP contribution in [0.4, 0.5) is 0 Å². The second kappa shape index (κ2) is 4.96. The summed E-state index contributed by atoms with van der Waals surface area (Å²) in [5.41, 5.74) is 1.66. The summed E-state index contributed by atoms with van der Waals surface area (Å²) in [5, 5.41) is 15.3. The zero-order chi connectivity index (χ0) is 12.6. The van der Waals surface area contributed by atoms with Crippen LogP contribution in [0.2, 0.25) is 5.15 Å². The van der Waals surface area contributed by atoms with Crippen LogP contribution < -0.4 is 0 Å². The van der Waals surface area contributed by atoms with Crippen LogP contribution >= 0.6 is 11.6 Å². The summed E-state index contributed by atoms with van der Waals surface area (Å²) < 4.78 is 6.95. The second-order valence-corrected chi connectivity index (χ2v) is 5.29. The molecule has 1 fully saturated rings. The number of rotatable bonds is 3. The summed E-state index contributed by atoms with van der Waals surface area (Å²) in [6.45, 7) is 5.43. The highest BCUT2D eigenvalue weighted by molar-refractivity contribution is 6.30. The number of hydrogen-bond acceptors (Lipinski definition) is 3. The zero-order valence-electron chi connectivity index (χ0n) is 10.5. The topological polar surface area (TPSA) is 47.3 Å². The Morgan fingerprint density at radius 3 is 2.76 bits per heavy atom. The van der Waals surface area contributed by atoms with Gasteiger partial charge in [0.15, 0.2) is 0 Å². The van der Waals surface area contributed by atoms with E-state index in [-0.39, 0.29) is 11.8 Å². The minimum absolute atomic E-state index is 0.134. The molecule has 1 aliphatic heterocycles. The minimum Gasteiger partial charge on any atom is -0.388 e. The van der Waals surface area contributed by atoms with E-state index in [1.54, 1.807) is 11.7 Å². The molecule has 1 saturated heterocycles. The van der Waals surface area contributed by atoms with Gasteiger partial charge in [-0.1, -0.05) is 25.4 Å². The molecule has 1 aliphatic rings. The number of hydrogen-bond donors (Lipinski definition) is 1. The van der Waals surface area contributed by atoms with Gasteiger partial charge in [-0.05, 0) is 12.3 Å². The van der Waals surface area contributed by atoms with Gasteiger partial charge in [-0.15, -0.1) is 0 Å². The molecule has 0 aromatic carbocycles. The number of ether oxygens (including phenoxy) is 1. The second-order valence-electron chi connectivity index (χ2n) is 4.94. The van der Waals surface area contributed by atoms with Gasteiger partial charge in [0, 0.05) is 25.1 Å². The van der Waals surface area contributed by atoms with Crippen LogP contribution in [0, 0.1) is 5.92 Å². The minimum atomic E-state index is -0.573. The third-order valence-electron chi connectivity index (χ3n) is 3.29. The van der Waals surface area contributed by atoms with Gasteiger partial charge in [0.25, 0.3) is 0 Å². The molecule has 1 aromatic heterocycles. The number of aliphatic hydroxyl groups is 1. The van der Waals surface area contributed by atoms with Gasteiger partial charge >= 0.3 is 0 Å². The van der Waals surface area contributed by atoms with Crippen molar-refractivity contribution in [3.63, 3.8) is 0 Å². The van der Waals surface area contributed by atoms with E-state index < -0.39 is 6.10 Å². The molecule has 0 aliphatic carbocycles. The zero-order valence-corrected chi connectivity index (χ0v) is 11.2. The van der Waals surface area contributed by atoms with Crippen molar-refractivity contribution in [1.82, 2.24) is 9.78 Å². The Balaban J connectivity index is 2.35. The van der Waals surface area contributed by atoms with Gasteiger partial charge < -0.3 is 9.84 Å². The Hall–Kier alpha value is -0.580. The van der Waals surface area contributed by atoms with Crippen LogP contribution in [0.3, 0.4) is 0 Å². The van der Waals surface area contributed by atoms with Crippen molar-refractivity contribution >= 4 is 11.6 Å². The van der Waals surface area contributed by atoms with E-state index >= 15 is 0 Å². The van der Waals surface area contributed by atoms with Crippen LogP contribution in [-0.4, -0.2) is 28.1 Å². The van der Waals surface area contributed by atoms with E-state index in [0.717, 1.165) is 24.3 Å². The summed E-state index contributed by atoms with van der Waals surface area (Å²) in [6, 6.07) is 0. The third kappa shape index (κ3) is 2.34. The number of halogens is 1. The summed E-state index contributed by atoms with van der Waals surface area (Å²) in [7, 11) is 1.80. The molecule has 0 spiro atoms. The molecule has 2 heterocycles. The van der Waals surface area contributed by atoms with Gasteiger partial charge in [-0.2, -0.15) is 5.10 Å². The van der Waals surface area contributed by atoms with Crippen molar-refractivity contribution in [3.05, 3.63) is 16.4 Å². The Bertz CT molecular complexity index is 397. The van der Waals surface area contributed by atoms with Crippen LogP contribution in [0.5, 0.6) is 0 Å². The van der Waals surface area contributed by atoms with Crippen molar-refractivity contribution in [3.8, 4) is 0 Å². The maximum Gasteiger partial charge on any atom is 0.132 e. The van der Waals surface area contributed by atoms with Crippen molar-refractivity contribution in [2.24, 2.45) is 13.0 Å². The molecule has 0 saturated carbocycles. The largest absolute Gasteiger partial charge is 0.388 e. The van der Waals surface area contributed by atoms with E-state index in [1.807, 2.05) is 0 Å². The lowest BCUT2D eigenvalue weighted by atomic mass is 9.92. The summed E-state index contributed by atoms with van der Waals surface area (Å²) in [5.74, 6) is 0.384. The smallest absolute Gasteiger partial charge is 0.132 e. The molecule has 0 amide bonds. The molecule has 0 radical (unpaired) electrons. The highest BCUT2D eigenvalue weighted by Gasteiger charge is 2.31. The molecule has 2 rings (SSSR count). The lowest BCUT2D eigenvalue weighted by Crippen LogP contribution is -2.14. The predicted octanol–water partition coefficient (Wildman–Crippen LogP) is 2.27. The van der Waals surface area contributed by atoms with Gasteiger partial charge in [-0.25, -0.2) is 0 Å². The van der Waals surface area contributed by atoms with Gasteiger partial charge in [0.05, 0.1) is 18.4 Å². The first-order valence-electron chi connectivity index (χ1n) is 6.00. The van der Waals surface area contributed by atoms with Crippen molar-refractivity contribution in [2.45, 2.75) is 32.3 Å². The van der Waals surface area contributed by atoms with Crippen LogP contribution in [0.15, 0.2) is 0 Å². The standard InChI is InChI=1S/C12H19ClN2O2/c1-7(2)10-9(12(13)15(3)14-10)11(16)8-4-5-17-6-8/h7-8,11,16H,4-6H2,1-3H3. The molecule has 5 heteroatoms. The number of nitrogens with zero attached hydrogens (tertiary/aromatic N) is 2. The van der Waals surface area contributed by atoms with E-state index in [9.17, 15) is 5.11 Å². The molecule has 17 heavy (non-hydrogen) atoms. The third-order valence-corrected chi connectivity index (χ3v) is 3.74. The number of aromatic nitrogens is 2. The molecule has 0 bridgehead atoms. The van der Waals surface area contributed by atoms with Gasteiger partial charge in [-0.3, -0.25) is 4.68 Å². The molecular weight excluding hydrogens is 240 g/mol. The molecule has 1 aromatic rings. The Morgan fingerprint density at radius 2 is 2.24 bits per heavy atom. The molecule has 1 N–H and O–H groups in total. The lowest BCUT2D eigenvalue weighted by Gasteiger charge is -2.18. The Labute approximate surface area is 107 Å². The van der Waals surface area contributed by atoms with Crippen LogP contribution in [-0.2, 0) is 11.8 Å². The van der Waals surface area contributed by atoms with Gasteiger partial charge in [0.1, 0.15) is 5.15 Å². The average molecular weight is 259 g/mol. The van der Waals surface area contributed by atoms with Crippen molar-refractivity contribution in [1.29, 1.82) is 0 Å². The fraction of sp³-hybridized carbons (Fsp3) is 0.750. The van der Waals surface area contributed by atoms with E-state index in [4.69, 9.17) is 16.3 Å².